The minimum atomic E-state index is -1.40. The fourth-order valence-corrected chi connectivity index (χ4v) is 5.95. The second-order valence-electron chi connectivity index (χ2n) is 10.0. The van der Waals surface area contributed by atoms with Crippen LogP contribution in [-0.4, -0.2) is 58.0 Å². The number of carbonyl (C=O) groups excluding carboxylic acids is 3. The maximum absolute atomic E-state index is 14.1. The van der Waals surface area contributed by atoms with Crippen molar-refractivity contribution >= 4 is 35.0 Å². The van der Waals surface area contributed by atoms with Crippen molar-refractivity contribution in [2.75, 3.05) is 49.1 Å². The second-order valence-corrected chi connectivity index (χ2v) is 10.0. The first-order valence-corrected chi connectivity index (χ1v) is 14.0. The van der Waals surface area contributed by atoms with E-state index in [1.807, 2.05) is 54.6 Å². The van der Waals surface area contributed by atoms with Gasteiger partial charge in [0.1, 0.15) is 11.3 Å². The standard InChI is InChI=1S/C32H39N3O6/c1-7-9-20-33-24-18-14-15-19-25(24)34(21-10-8-2)32(33)26(30(37)40-5)27(31(38)41-6)35(23-16-12-11-13-17-23)28(32)22(3)29(36)39-4/h11-19H,7-10,20-21H2,1-6H3. The maximum atomic E-state index is 14.1. The quantitative estimate of drug-likeness (QED) is 0.221. The smallest absolute Gasteiger partial charge is 0.355 e. The van der Waals surface area contributed by atoms with Crippen molar-refractivity contribution in [3.05, 3.63) is 77.1 Å². The fourth-order valence-electron chi connectivity index (χ4n) is 5.95. The molecule has 0 radical (unpaired) electrons. The zero-order valence-electron chi connectivity index (χ0n) is 24.7. The van der Waals surface area contributed by atoms with Crippen LogP contribution in [0.5, 0.6) is 0 Å². The highest BCUT2D eigenvalue weighted by Gasteiger charge is 2.65. The lowest BCUT2D eigenvalue weighted by atomic mass is 9.91. The third-order valence-electron chi connectivity index (χ3n) is 7.71. The summed E-state index contributed by atoms with van der Waals surface area (Å²) < 4.78 is 16.0. The van der Waals surface area contributed by atoms with E-state index in [1.165, 1.54) is 21.3 Å². The number of rotatable bonds is 10. The van der Waals surface area contributed by atoms with Gasteiger partial charge in [-0.05, 0) is 44.0 Å². The van der Waals surface area contributed by atoms with Crippen LogP contribution in [0.15, 0.2) is 77.1 Å². The molecule has 0 N–H and O–H groups in total. The van der Waals surface area contributed by atoms with E-state index in [-0.39, 0.29) is 16.8 Å². The van der Waals surface area contributed by atoms with E-state index in [9.17, 15) is 14.4 Å². The lowest BCUT2D eigenvalue weighted by Gasteiger charge is -2.46. The van der Waals surface area contributed by atoms with E-state index in [2.05, 4.69) is 23.6 Å². The van der Waals surface area contributed by atoms with E-state index in [0.29, 0.717) is 24.5 Å². The number of unbranched alkanes of at least 4 members (excludes halogenated alkanes) is 2. The Morgan fingerprint density at radius 2 is 1.24 bits per heavy atom. The monoisotopic (exact) mass is 561 g/mol. The number of ether oxygens (including phenoxy) is 3. The Kier molecular flexibility index (Phi) is 9.05. The molecule has 2 aliphatic rings. The molecule has 0 fully saturated rings. The Hall–Kier alpha value is -4.27. The predicted octanol–water partition coefficient (Wildman–Crippen LogP) is 5.18. The molecule has 1 spiro atoms. The van der Waals surface area contributed by atoms with Gasteiger partial charge >= 0.3 is 17.9 Å². The molecule has 0 saturated carbocycles. The highest BCUT2D eigenvalue weighted by Crippen LogP contribution is 2.58. The Labute approximate surface area is 242 Å². The van der Waals surface area contributed by atoms with Gasteiger partial charge in [0, 0.05) is 18.8 Å². The number of methoxy groups -OCH3 is 3. The van der Waals surface area contributed by atoms with E-state index in [1.54, 1.807) is 11.8 Å². The molecule has 41 heavy (non-hydrogen) atoms. The van der Waals surface area contributed by atoms with Gasteiger partial charge in [-0.3, -0.25) is 0 Å². The molecule has 9 nitrogen and oxygen atoms in total. The van der Waals surface area contributed by atoms with Gasteiger partial charge in [-0.15, -0.1) is 0 Å². The predicted molar refractivity (Wildman–Crippen MR) is 158 cm³/mol. The van der Waals surface area contributed by atoms with Crippen LogP contribution in [0.1, 0.15) is 46.5 Å². The number of carbonyl (C=O) groups is 3. The molecular formula is C32H39N3O6. The van der Waals surface area contributed by atoms with Gasteiger partial charge in [0.15, 0.2) is 5.66 Å². The number of anilines is 3. The fraction of sp³-hybridized carbons (Fsp3) is 0.406. The van der Waals surface area contributed by atoms with Crippen LogP contribution in [0.4, 0.5) is 17.1 Å². The molecule has 4 rings (SSSR count). The molecule has 0 amide bonds. The lowest BCUT2D eigenvalue weighted by molar-refractivity contribution is -0.139. The van der Waals surface area contributed by atoms with Crippen molar-refractivity contribution in [1.82, 2.24) is 0 Å². The number of para-hydroxylation sites is 3. The number of hydrogen-bond donors (Lipinski definition) is 0. The van der Waals surface area contributed by atoms with Crippen LogP contribution >= 0.6 is 0 Å². The largest absolute Gasteiger partial charge is 0.466 e. The van der Waals surface area contributed by atoms with E-state index >= 15 is 0 Å². The van der Waals surface area contributed by atoms with Crippen LogP contribution in [0.3, 0.4) is 0 Å². The SMILES string of the molecule is CCCCN1c2ccccc2N(CCCC)C12C(C(=O)OC)=C(C(=O)OC)N(c1ccccc1)C2=C(C)C(=O)OC. The van der Waals surface area contributed by atoms with Crippen LogP contribution < -0.4 is 14.7 Å². The molecule has 2 aromatic rings. The molecule has 218 valence electrons. The first kappa shape index (κ1) is 29.7. The van der Waals surface area contributed by atoms with Gasteiger partial charge in [-0.1, -0.05) is 57.0 Å². The molecule has 2 heterocycles. The first-order chi connectivity index (χ1) is 19.8. The third-order valence-corrected chi connectivity index (χ3v) is 7.71. The second kappa shape index (κ2) is 12.5. The normalized spacial score (nSPS) is 16.7. The average molecular weight is 562 g/mol. The summed E-state index contributed by atoms with van der Waals surface area (Å²) in [6.07, 6.45) is 3.38. The van der Waals surface area contributed by atoms with Crippen molar-refractivity contribution in [2.24, 2.45) is 0 Å². The summed E-state index contributed by atoms with van der Waals surface area (Å²) in [5.74, 6) is -1.98. The summed E-state index contributed by atoms with van der Waals surface area (Å²) in [4.78, 5) is 47.2. The number of hydrogen-bond acceptors (Lipinski definition) is 9. The Morgan fingerprint density at radius 1 is 0.732 bits per heavy atom. The molecule has 2 aromatic carbocycles. The molecule has 0 unspecified atom stereocenters. The molecule has 9 heteroatoms. The van der Waals surface area contributed by atoms with Crippen LogP contribution in [-0.2, 0) is 28.6 Å². The van der Waals surface area contributed by atoms with Gasteiger partial charge in [-0.2, -0.15) is 0 Å². The molecule has 0 aromatic heterocycles. The zero-order valence-corrected chi connectivity index (χ0v) is 24.7. The molecule has 0 saturated heterocycles. The molecule has 2 aliphatic heterocycles. The van der Waals surface area contributed by atoms with Crippen molar-refractivity contribution in [2.45, 2.75) is 52.1 Å². The van der Waals surface area contributed by atoms with Gasteiger partial charge in [0.05, 0.1) is 44.0 Å². The first-order valence-electron chi connectivity index (χ1n) is 14.0. The van der Waals surface area contributed by atoms with Crippen molar-refractivity contribution in [3.63, 3.8) is 0 Å². The molecule has 0 aliphatic carbocycles. The summed E-state index contributed by atoms with van der Waals surface area (Å²) in [6.45, 7) is 6.97. The van der Waals surface area contributed by atoms with E-state index in [4.69, 9.17) is 14.2 Å². The number of fused-ring (bicyclic) bond motifs is 1. The summed E-state index contributed by atoms with van der Waals surface area (Å²) >= 11 is 0. The van der Waals surface area contributed by atoms with Crippen molar-refractivity contribution < 1.29 is 28.6 Å². The Balaban J connectivity index is 2.26. The van der Waals surface area contributed by atoms with Crippen LogP contribution in [0.2, 0.25) is 0 Å². The van der Waals surface area contributed by atoms with Crippen molar-refractivity contribution in [3.8, 4) is 0 Å². The average Bonchev–Trinajstić information content (AvgIpc) is 3.47. The number of benzene rings is 2. The summed E-state index contributed by atoms with van der Waals surface area (Å²) in [7, 11) is 3.90. The zero-order chi connectivity index (χ0) is 29.7. The Morgan fingerprint density at radius 3 is 1.71 bits per heavy atom. The third kappa shape index (κ3) is 4.73. The minimum absolute atomic E-state index is 0.000365. The summed E-state index contributed by atoms with van der Waals surface area (Å²) in [5, 5.41) is 0. The maximum Gasteiger partial charge on any atom is 0.355 e. The molecule has 0 bridgehead atoms. The van der Waals surface area contributed by atoms with E-state index in [0.717, 1.165) is 37.1 Å². The molecule has 0 atom stereocenters. The topological polar surface area (TPSA) is 88.6 Å². The van der Waals surface area contributed by atoms with Crippen LogP contribution in [0.25, 0.3) is 0 Å². The Bertz CT molecular complexity index is 1330. The van der Waals surface area contributed by atoms with Gasteiger partial charge in [0.2, 0.25) is 0 Å². The summed E-state index contributed by atoms with van der Waals surface area (Å²) in [5.41, 5.74) is 1.76. The lowest BCUT2D eigenvalue weighted by Crippen LogP contribution is -2.62. The van der Waals surface area contributed by atoms with Crippen molar-refractivity contribution in [1.29, 1.82) is 0 Å². The highest BCUT2D eigenvalue weighted by atomic mass is 16.5. The van der Waals surface area contributed by atoms with E-state index < -0.39 is 23.6 Å². The number of esters is 3. The van der Waals surface area contributed by atoms with Crippen LogP contribution in [0, 0.1) is 0 Å². The molecular weight excluding hydrogens is 522 g/mol. The highest BCUT2D eigenvalue weighted by molar-refractivity contribution is 6.12. The van der Waals surface area contributed by atoms with Gasteiger partial charge in [-0.25, -0.2) is 14.4 Å². The number of nitrogens with zero attached hydrogens (tertiary/aromatic N) is 3. The summed E-state index contributed by atoms with van der Waals surface area (Å²) in [6, 6.07) is 17.1. The van der Waals surface area contributed by atoms with Gasteiger partial charge in [0.25, 0.3) is 0 Å². The minimum Gasteiger partial charge on any atom is -0.466 e. The van der Waals surface area contributed by atoms with Gasteiger partial charge < -0.3 is 28.9 Å².